The van der Waals surface area contributed by atoms with Gasteiger partial charge in [-0.15, -0.1) is 0 Å². The number of benzene rings is 2. The predicted octanol–water partition coefficient (Wildman–Crippen LogP) is 5.15. The molecule has 3 nitrogen and oxygen atoms in total. The minimum atomic E-state index is -1.06. The maximum Gasteiger partial charge on any atom is 0.167 e. The predicted molar refractivity (Wildman–Crippen MR) is 101 cm³/mol. The normalized spacial score (nSPS) is 11.2. The van der Waals surface area contributed by atoms with E-state index in [4.69, 9.17) is 0 Å². The highest BCUT2D eigenvalue weighted by Gasteiger charge is 2.18. The van der Waals surface area contributed by atoms with Crippen LogP contribution in [-0.4, -0.2) is 30.1 Å². The van der Waals surface area contributed by atoms with E-state index < -0.39 is 35.2 Å². The molecule has 2 aromatic carbocycles. The van der Waals surface area contributed by atoms with Gasteiger partial charge in [0.1, 0.15) is 17.5 Å². The van der Waals surface area contributed by atoms with Gasteiger partial charge in [0, 0.05) is 42.8 Å². The fourth-order valence-electron chi connectivity index (χ4n) is 2.77. The Balaban J connectivity index is 2.29. The molecular weight excluding hydrogens is 353 g/mol. The highest BCUT2D eigenvalue weighted by atomic mass is 19.1. The molecule has 0 unspecified atom stereocenters. The minimum Gasteiger partial charge on any atom is -0.363 e. The van der Waals surface area contributed by atoms with E-state index >= 15 is 0 Å². The molecule has 0 amide bonds. The SMILES string of the molecule is CCN(C=Nc1cc(C)c(C(=O)Cc2c(F)cc(F)cc2F)cc1C)CC. The van der Waals surface area contributed by atoms with Gasteiger partial charge in [0.2, 0.25) is 0 Å². The zero-order valence-electron chi connectivity index (χ0n) is 15.9. The van der Waals surface area contributed by atoms with Crippen LogP contribution in [0.1, 0.15) is 40.9 Å². The number of ketones is 1. The highest BCUT2D eigenvalue weighted by molar-refractivity contribution is 5.99. The molecule has 6 heteroatoms. The first-order chi connectivity index (χ1) is 12.8. The molecule has 0 saturated carbocycles. The minimum absolute atomic E-state index is 0.373. The zero-order valence-corrected chi connectivity index (χ0v) is 15.9. The molecule has 0 heterocycles. The van der Waals surface area contributed by atoms with E-state index in [0.717, 1.165) is 24.3 Å². The van der Waals surface area contributed by atoms with E-state index in [-0.39, 0.29) is 0 Å². The van der Waals surface area contributed by atoms with Gasteiger partial charge in [-0.1, -0.05) is 0 Å². The van der Waals surface area contributed by atoms with Crippen molar-refractivity contribution in [3.8, 4) is 0 Å². The lowest BCUT2D eigenvalue weighted by Gasteiger charge is -2.14. The van der Waals surface area contributed by atoms with Crippen LogP contribution in [0.25, 0.3) is 0 Å². The number of carbonyl (C=O) groups excluding carboxylic acids is 1. The number of aryl methyl sites for hydroxylation is 2. The summed E-state index contributed by atoms with van der Waals surface area (Å²) in [7, 11) is 0. The number of carbonyl (C=O) groups is 1. The number of rotatable bonds is 7. The van der Waals surface area contributed by atoms with E-state index in [1.807, 2.05) is 25.7 Å². The first-order valence-electron chi connectivity index (χ1n) is 8.82. The van der Waals surface area contributed by atoms with Gasteiger partial charge in [0.25, 0.3) is 0 Å². The number of Topliss-reactive ketones (excluding diaryl/α,β-unsaturated/α-hetero) is 1. The van der Waals surface area contributed by atoms with Crippen LogP contribution in [0.2, 0.25) is 0 Å². The van der Waals surface area contributed by atoms with Crippen molar-refractivity contribution in [2.45, 2.75) is 34.1 Å². The van der Waals surface area contributed by atoms with Crippen LogP contribution in [0.3, 0.4) is 0 Å². The van der Waals surface area contributed by atoms with E-state index in [9.17, 15) is 18.0 Å². The Kier molecular flexibility index (Phi) is 6.77. The summed E-state index contributed by atoms with van der Waals surface area (Å²) in [5.41, 5.74) is 2.13. The zero-order chi connectivity index (χ0) is 20.1. The van der Waals surface area contributed by atoms with Gasteiger partial charge in [0.15, 0.2) is 5.78 Å². The maximum absolute atomic E-state index is 13.8. The second kappa shape index (κ2) is 8.84. The smallest absolute Gasteiger partial charge is 0.167 e. The Labute approximate surface area is 157 Å². The Morgan fingerprint density at radius 3 is 2.15 bits per heavy atom. The van der Waals surface area contributed by atoms with Crippen LogP contribution in [0.4, 0.5) is 18.9 Å². The van der Waals surface area contributed by atoms with E-state index in [0.29, 0.717) is 23.3 Å². The average Bonchev–Trinajstić information content (AvgIpc) is 2.61. The Bertz CT molecular complexity index is 851. The second-order valence-corrected chi connectivity index (χ2v) is 6.37. The summed E-state index contributed by atoms with van der Waals surface area (Å²) < 4.78 is 40.7. The van der Waals surface area contributed by atoms with Crippen molar-refractivity contribution in [3.05, 3.63) is 64.0 Å². The number of halogens is 3. The summed E-state index contributed by atoms with van der Waals surface area (Å²) in [5.74, 6) is -3.56. The molecule has 27 heavy (non-hydrogen) atoms. The third-order valence-corrected chi connectivity index (χ3v) is 4.46. The number of hydrogen-bond donors (Lipinski definition) is 0. The number of aliphatic imine (C=N–C) groups is 1. The van der Waals surface area contributed by atoms with Crippen molar-refractivity contribution >= 4 is 17.8 Å². The Morgan fingerprint density at radius 1 is 1.00 bits per heavy atom. The monoisotopic (exact) mass is 376 g/mol. The average molecular weight is 376 g/mol. The van der Waals surface area contributed by atoms with Gasteiger partial charge < -0.3 is 4.90 Å². The topological polar surface area (TPSA) is 32.7 Å². The first kappa shape index (κ1) is 20.7. The van der Waals surface area contributed by atoms with Crippen molar-refractivity contribution in [2.75, 3.05) is 13.1 Å². The molecule has 2 aromatic rings. The van der Waals surface area contributed by atoms with Crippen molar-refractivity contribution in [1.29, 1.82) is 0 Å². The van der Waals surface area contributed by atoms with Crippen molar-refractivity contribution in [2.24, 2.45) is 4.99 Å². The lowest BCUT2D eigenvalue weighted by molar-refractivity contribution is 0.0990. The van der Waals surface area contributed by atoms with Crippen LogP contribution in [0.5, 0.6) is 0 Å². The third kappa shape index (κ3) is 4.96. The van der Waals surface area contributed by atoms with E-state index in [2.05, 4.69) is 4.99 Å². The van der Waals surface area contributed by atoms with E-state index in [1.54, 1.807) is 25.4 Å². The molecular formula is C21H23F3N2O. The number of hydrogen-bond acceptors (Lipinski definition) is 2. The third-order valence-electron chi connectivity index (χ3n) is 4.46. The van der Waals surface area contributed by atoms with Gasteiger partial charge in [0.05, 0.1) is 12.0 Å². The molecule has 0 atom stereocenters. The molecule has 0 saturated heterocycles. The van der Waals surface area contributed by atoms with Crippen LogP contribution in [0, 0.1) is 31.3 Å². The van der Waals surface area contributed by atoms with Crippen LogP contribution < -0.4 is 0 Å². The van der Waals surface area contributed by atoms with Crippen molar-refractivity contribution in [3.63, 3.8) is 0 Å². The van der Waals surface area contributed by atoms with Crippen LogP contribution >= 0.6 is 0 Å². The Morgan fingerprint density at radius 2 is 1.59 bits per heavy atom. The van der Waals surface area contributed by atoms with E-state index in [1.165, 1.54) is 0 Å². The van der Waals surface area contributed by atoms with Gasteiger partial charge in [-0.25, -0.2) is 18.2 Å². The lowest BCUT2D eigenvalue weighted by atomic mass is 9.96. The second-order valence-electron chi connectivity index (χ2n) is 6.37. The molecule has 2 rings (SSSR count). The summed E-state index contributed by atoms with van der Waals surface area (Å²) >= 11 is 0. The summed E-state index contributed by atoms with van der Waals surface area (Å²) in [5, 5.41) is 0. The standard InChI is InChI=1S/C21H23F3N2O/c1-5-26(6-2)12-25-20-8-13(3)16(7-14(20)4)21(27)11-17-18(23)9-15(22)10-19(17)24/h7-10,12H,5-6,11H2,1-4H3. The van der Waals surface area contributed by atoms with Crippen molar-refractivity contribution < 1.29 is 18.0 Å². The molecule has 0 N–H and O–H groups in total. The van der Waals surface area contributed by atoms with Crippen LogP contribution in [0.15, 0.2) is 29.3 Å². The van der Waals surface area contributed by atoms with Gasteiger partial charge in [-0.05, 0) is 51.0 Å². The molecule has 0 fully saturated rings. The van der Waals surface area contributed by atoms with Gasteiger partial charge in [-0.2, -0.15) is 0 Å². The number of nitrogens with zero attached hydrogens (tertiary/aromatic N) is 2. The fourth-order valence-corrected chi connectivity index (χ4v) is 2.77. The quantitative estimate of drug-likeness (QED) is 0.380. The van der Waals surface area contributed by atoms with Gasteiger partial charge >= 0.3 is 0 Å². The highest BCUT2D eigenvalue weighted by Crippen LogP contribution is 2.25. The summed E-state index contributed by atoms with van der Waals surface area (Å²) in [6.07, 6.45) is 1.28. The first-order valence-corrected chi connectivity index (χ1v) is 8.82. The molecule has 0 aliphatic rings. The largest absolute Gasteiger partial charge is 0.363 e. The molecule has 0 aliphatic carbocycles. The van der Waals surface area contributed by atoms with Gasteiger partial charge in [-0.3, -0.25) is 4.79 Å². The van der Waals surface area contributed by atoms with Crippen LogP contribution in [-0.2, 0) is 6.42 Å². The molecule has 0 spiro atoms. The fraction of sp³-hybridized carbons (Fsp3) is 0.333. The molecule has 0 radical (unpaired) electrons. The molecule has 0 aliphatic heterocycles. The molecule has 0 aromatic heterocycles. The molecule has 0 bridgehead atoms. The van der Waals surface area contributed by atoms with Crippen molar-refractivity contribution in [1.82, 2.24) is 4.90 Å². The summed E-state index contributed by atoms with van der Waals surface area (Å²) in [6, 6.07) is 4.61. The summed E-state index contributed by atoms with van der Waals surface area (Å²) in [4.78, 5) is 19.1. The lowest BCUT2D eigenvalue weighted by Crippen LogP contribution is -2.20. The summed E-state index contributed by atoms with van der Waals surface area (Å²) in [6.45, 7) is 9.31. The maximum atomic E-state index is 13.8. The molecule has 144 valence electrons. The Hall–Kier alpha value is -2.63.